The maximum Gasteiger partial charge on any atom is 1.00 e. The first-order valence-electron chi connectivity index (χ1n) is 39.8. The van der Waals surface area contributed by atoms with Crippen LogP contribution in [0.15, 0.2) is 214 Å². The molecule has 3 amide bonds. The van der Waals surface area contributed by atoms with Gasteiger partial charge in [-0.1, -0.05) is 92.4 Å². The number of nitrogens with zero attached hydrogens (tertiary/aromatic N) is 1. The van der Waals surface area contributed by atoms with Crippen LogP contribution < -0.4 is 56.0 Å². The summed E-state index contributed by atoms with van der Waals surface area (Å²) >= 11 is 0. The number of halogens is 4. The number of ether oxygens (including phenoxy) is 6. The third kappa shape index (κ3) is 29.9. The number of nitriles is 1. The summed E-state index contributed by atoms with van der Waals surface area (Å²) in [6.45, 7) is 17.2. The number of rotatable bonds is 33. The number of amides is 3. The first kappa shape index (κ1) is 106. The fourth-order valence-electron chi connectivity index (χ4n) is 13.1. The van der Waals surface area contributed by atoms with Crippen molar-refractivity contribution in [2.45, 2.75) is 143 Å². The van der Waals surface area contributed by atoms with Crippen molar-refractivity contribution in [1.82, 2.24) is 0 Å². The van der Waals surface area contributed by atoms with Gasteiger partial charge in [-0.25, -0.2) is 4.39 Å². The largest absolute Gasteiger partial charge is 1.00 e. The van der Waals surface area contributed by atoms with E-state index in [2.05, 4.69) is 11.8 Å². The Bertz CT molecular complexity index is 5840. The van der Waals surface area contributed by atoms with Gasteiger partial charge in [0.25, 0.3) is 0 Å². The maximum atomic E-state index is 14.2. The number of primary amides is 3. The minimum Gasteiger partial charge on any atom is -0.870 e. The predicted octanol–water partition coefficient (Wildman–Crippen LogP) is 16.0. The molecule has 3 heterocycles. The molecule has 12 rings (SSSR count). The van der Waals surface area contributed by atoms with Crippen LogP contribution in [0.1, 0.15) is 171 Å². The van der Waals surface area contributed by atoms with Crippen molar-refractivity contribution in [2.75, 3.05) is 51.4 Å². The van der Waals surface area contributed by atoms with Crippen LogP contribution in [0.5, 0.6) is 17.2 Å². The first-order valence-corrected chi connectivity index (χ1v) is 42.4. The molecule has 0 aliphatic carbocycles. The summed E-state index contributed by atoms with van der Waals surface area (Å²) in [5, 5.41) is 12.0. The Labute approximate surface area is 760 Å². The van der Waals surface area contributed by atoms with E-state index in [0.29, 0.717) is 61.8 Å². The number of esters is 3. The summed E-state index contributed by atoms with van der Waals surface area (Å²) in [4.78, 5) is 69.1. The second-order valence-corrected chi connectivity index (χ2v) is 35.3. The Hall–Kier alpha value is -11.8. The van der Waals surface area contributed by atoms with Gasteiger partial charge in [0.2, 0.25) is 17.7 Å². The summed E-state index contributed by atoms with van der Waals surface area (Å²) in [6, 6.07) is 55.5. The topological polar surface area (TPSA) is 389 Å². The summed E-state index contributed by atoms with van der Waals surface area (Å²) in [5.41, 5.74) is 35.7. The molecule has 9 N–H and O–H groups in total. The van der Waals surface area contributed by atoms with Crippen LogP contribution in [0.4, 0.5) is 13.2 Å². The molecule has 127 heavy (non-hydrogen) atoms. The molecular weight excluding hydrogens is 1690 g/mol. The number of carbonyl (C=O) groups excluding carboxylic acids is 6. The SMILES string of the molecule is C.CC(N)=O.CCOC(=O)Cc1ccc(C#N)cc1OCc1cc(-c2cccc(C(CF)C[S@](=O)C(C)(C)C)c2)c2occc2c1.CCOC(=O)Cc1ccc(C(N)=O)cc1OCc1cc(-c2cccc(C(CF)C[S@](=O)C(C)(C)C)c2)c2occc2c1.CCOC(=O)Cc1ccc(C(N)=O)cc1OCc1cc(-c2cccc(C(N)CF)c2)c2occc2c1.Cl.[Li+].[OH-]. The van der Waals surface area contributed by atoms with Gasteiger partial charge in [-0.15, -0.1) is 12.4 Å². The van der Waals surface area contributed by atoms with Gasteiger partial charge in [-0.05, 0) is 209 Å². The van der Waals surface area contributed by atoms with Crippen LogP contribution in [0.2, 0.25) is 0 Å². The number of nitrogens with two attached hydrogens (primary N) is 4. The minimum atomic E-state index is -1.20. The molecular formula is C97H108ClF3LiN5O18S2. The van der Waals surface area contributed by atoms with E-state index in [1.165, 1.54) is 19.1 Å². The zero-order valence-corrected chi connectivity index (χ0v) is 74.6. The second-order valence-electron chi connectivity index (χ2n) is 30.8. The van der Waals surface area contributed by atoms with Crippen molar-refractivity contribution < 1.29 is 116 Å². The predicted molar refractivity (Wildman–Crippen MR) is 487 cm³/mol. The Morgan fingerprint density at radius 2 is 0.772 bits per heavy atom. The van der Waals surface area contributed by atoms with E-state index < -0.39 is 92.7 Å². The molecule has 0 bridgehead atoms. The van der Waals surface area contributed by atoms with Crippen molar-refractivity contribution in [2.24, 2.45) is 22.9 Å². The van der Waals surface area contributed by atoms with Crippen LogP contribution in [0.3, 0.4) is 0 Å². The molecule has 0 spiro atoms. The van der Waals surface area contributed by atoms with Gasteiger partial charge in [0, 0.05) is 122 Å². The van der Waals surface area contributed by atoms with E-state index in [1.54, 1.807) is 88.1 Å². The maximum absolute atomic E-state index is 14.2. The molecule has 0 aliphatic rings. The summed E-state index contributed by atoms with van der Waals surface area (Å²) in [7, 11) is -2.40. The fourth-order valence-corrected chi connectivity index (χ4v) is 15.4. The van der Waals surface area contributed by atoms with Crippen molar-refractivity contribution in [3.8, 4) is 56.7 Å². The molecule has 23 nitrogen and oxygen atoms in total. The number of benzene rings is 9. The molecule has 3 aromatic heterocycles. The third-order valence-corrected chi connectivity index (χ3v) is 23.6. The Morgan fingerprint density at radius 3 is 1.07 bits per heavy atom. The molecule has 0 fully saturated rings. The summed E-state index contributed by atoms with van der Waals surface area (Å²) in [5.74, 6) is -2.09. The average Bonchev–Trinajstić information content (AvgIpc) is 1.79. The monoisotopic (exact) mass is 1790 g/mol. The molecule has 5 atom stereocenters. The molecule has 0 radical (unpaired) electrons. The minimum absolute atomic E-state index is 0. The Kier molecular flexibility index (Phi) is 41.6. The standard InChI is InChI=1S/C33H36FNO6S.C33H34FNO5S.C28H27FN2O5.C2H5NO.CH4.ClH.Li.H2O/c1-5-39-30(36)17-24-9-10-26(32(35)37)16-29(24)41-19-21-13-25-11-12-40-31(25)28(14-21)23-8-6-7-22(15-23)27(18-34)20-42(38)33(2,3)4;1-5-38-31(36)17-26-10-9-22(19-35)15-30(26)40-20-23-13-27-11-12-39-32(27)29(14-23)25-8-6-7-24(16-25)28(18-34)21-41(37)33(2,3)4;1-2-34-26(32)14-20-6-7-22(28(31)33)13-25(20)36-16-17-10-21-8-9-35-27(21)23(11-17)18-4-3-5-19(12-18)24(30)15-29;1-2(3)4;;;;/h6-16,27H,5,17-20H2,1-4H3,(H2,35,37);6-16,28H,5,17-18,20-21H2,1-4H3;3-13,24H,2,14-16,30H2,1H3,(H2,31,33);1H3,(H2,3,4);1H4;1H;;1H2/q;;;;;;+1;/p-1/t27?,42-;28?,41-;;;;;;/m00....../s1. The molecule has 12 aromatic rings. The number of carbonyl (C=O) groups is 6. The number of hydrogen-bond donors (Lipinski definition) is 4. The third-order valence-electron chi connectivity index (χ3n) is 19.4. The van der Waals surface area contributed by atoms with Crippen LogP contribution in [0.25, 0.3) is 66.3 Å². The van der Waals surface area contributed by atoms with E-state index in [0.717, 1.165) is 77.4 Å². The summed E-state index contributed by atoms with van der Waals surface area (Å²) in [6.07, 6.45) is 4.83. The average molecular weight is 1800 g/mol. The fraction of sp³-hybridized carbons (Fsp3) is 0.309. The smallest absolute Gasteiger partial charge is 0.870 e. The van der Waals surface area contributed by atoms with Crippen LogP contribution in [-0.2, 0) is 94.1 Å². The molecule has 3 unspecified atom stereocenters. The zero-order chi connectivity index (χ0) is 89.2. The number of fused-ring (bicyclic) bond motifs is 3. The molecule has 9 aromatic carbocycles. The molecule has 0 saturated heterocycles. The van der Waals surface area contributed by atoms with E-state index in [4.69, 9.17) is 58.9 Å². The van der Waals surface area contributed by atoms with Crippen molar-refractivity contribution in [3.63, 3.8) is 0 Å². The van der Waals surface area contributed by atoms with E-state index in [-0.39, 0.29) is 138 Å². The van der Waals surface area contributed by atoms with Gasteiger partial charge in [-0.2, -0.15) is 5.26 Å². The van der Waals surface area contributed by atoms with E-state index >= 15 is 0 Å². The molecule has 30 heteroatoms. The normalized spacial score (nSPS) is 12.1. The van der Waals surface area contributed by atoms with E-state index in [1.807, 2.05) is 163 Å². The number of alkyl halides is 3. The summed E-state index contributed by atoms with van der Waals surface area (Å²) < 4.78 is 117. The Balaban J connectivity index is 0.000000326. The van der Waals surface area contributed by atoms with Gasteiger partial charge >= 0.3 is 36.8 Å². The zero-order valence-electron chi connectivity index (χ0n) is 72.2. The molecule has 0 saturated carbocycles. The first-order chi connectivity index (χ1) is 58.7. The van der Waals surface area contributed by atoms with Gasteiger partial charge in [0.05, 0.1) is 88.9 Å². The van der Waals surface area contributed by atoms with Gasteiger partial charge in [0.15, 0.2) is 0 Å². The van der Waals surface area contributed by atoms with Gasteiger partial charge in [0.1, 0.15) is 60.5 Å². The van der Waals surface area contributed by atoms with E-state index in [9.17, 15) is 55.6 Å². The molecule has 670 valence electrons. The number of furan rings is 3. The quantitative estimate of drug-likeness (QED) is 0.0169. The van der Waals surface area contributed by atoms with Crippen molar-refractivity contribution in [1.29, 1.82) is 5.26 Å². The van der Waals surface area contributed by atoms with Crippen molar-refractivity contribution in [3.05, 3.63) is 268 Å². The van der Waals surface area contributed by atoms with Crippen LogP contribution in [0, 0.1) is 11.3 Å². The molecule has 0 aliphatic heterocycles. The van der Waals surface area contributed by atoms with Gasteiger partial charge < -0.3 is 70.1 Å². The van der Waals surface area contributed by atoms with Crippen LogP contribution >= 0.6 is 12.4 Å². The van der Waals surface area contributed by atoms with Crippen molar-refractivity contribution >= 4 is 103 Å². The van der Waals surface area contributed by atoms with Gasteiger partial charge in [-0.3, -0.25) is 46.0 Å². The number of hydrogen-bond acceptors (Lipinski definition) is 20. The second kappa shape index (κ2) is 49.9. The Morgan fingerprint density at radius 1 is 0.457 bits per heavy atom. The van der Waals surface area contributed by atoms with Crippen LogP contribution in [-0.4, -0.2) is 110 Å².